The SMILES string of the molecule is Cn1cc(CNC(=O)Nc2ccc(Cl)c(OC(F)F)c2)cn1. The summed E-state index contributed by atoms with van der Waals surface area (Å²) in [7, 11) is 1.77. The second-order valence-electron chi connectivity index (χ2n) is 4.35. The molecule has 0 aliphatic carbocycles. The second-order valence-corrected chi connectivity index (χ2v) is 4.76. The fourth-order valence-electron chi connectivity index (χ4n) is 1.69. The lowest BCUT2D eigenvalue weighted by molar-refractivity contribution is -0.0497. The molecule has 0 fully saturated rings. The molecule has 118 valence electrons. The highest BCUT2D eigenvalue weighted by atomic mass is 35.5. The van der Waals surface area contributed by atoms with Crippen LogP contribution in [0.4, 0.5) is 19.3 Å². The molecule has 1 aromatic heterocycles. The van der Waals surface area contributed by atoms with E-state index < -0.39 is 12.6 Å². The molecule has 0 bridgehead atoms. The van der Waals surface area contributed by atoms with Crippen LogP contribution < -0.4 is 15.4 Å². The van der Waals surface area contributed by atoms with E-state index in [0.717, 1.165) is 5.56 Å². The van der Waals surface area contributed by atoms with Crippen LogP contribution in [-0.4, -0.2) is 22.4 Å². The average molecular weight is 331 g/mol. The minimum Gasteiger partial charge on any atom is -0.433 e. The average Bonchev–Trinajstić information content (AvgIpc) is 2.85. The number of alkyl halides is 2. The summed E-state index contributed by atoms with van der Waals surface area (Å²) in [6.45, 7) is -2.71. The number of hydrogen-bond acceptors (Lipinski definition) is 3. The Hall–Kier alpha value is -2.35. The Morgan fingerprint density at radius 3 is 2.91 bits per heavy atom. The minimum absolute atomic E-state index is 0.0293. The van der Waals surface area contributed by atoms with Gasteiger partial charge in [0.05, 0.1) is 11.2 Å². The third-order valence-corrected chi connectivity index (χ3v) is 2.93. The van der Waals surface area contributed by atoms with Gasteiger partial charge in [-0.15, -0.1) is 0 Å². The number of hydrogen-bond donors (Lipinski definition) is 2. The van der Waals surface area contributed by atoms with E-state index in [2.05, 4.69) is 20.5 Å². The first-order valence-electron chi connectivity index (χ1n) is 6.21. The zero-order valence-corrected chi connectivity index (χ0v) is 12.3. The topological polar surface area (TPSA) is 68.2 Å². The molecular formula is C13H13ClF2N4O2. The lowest BCUT2D eigenvalue weighted by atomic mass is 10.3. The van der Waals surface area contributed by atoms with E-state index in [1.807, 2.05) is 0 Å². The van der Waals surface area contributed by atoms with Gasteiger partial charge in [-0.25, -0.2) is 4.79 Å². The predicted molar refractivity (Wildman–Crippen MR) is 77.2 cm³/mol. The number of aromatic nitrogens is 2. The number of nitrogens with zero attached hydrogens (tertiary/aromatic N) is 2. The summed E-state index contributed by atoms with van der Waals surface area (Å²) >= 11 is 5.72. The third kappa shape index (κ3) is 4.59. The molecule has 0 unspecified atom stereocenters. The summed E-state index contributed by atoms with van der Waals surface area (Å²) in [6.07, 6.45) is 3.38. The lowest BCUT2D eigenvalue weighted by Gasteiger charge is -2.10. The number of carbonyl (C=O) groups excluding carboxylic acids is 1. The van der Waals surface area contributed by atoms with Gasteiger partial charge in [0.1, 0.15) is 5.75 Å². The Morgan fingerprint density at radius 2 is 2.27 bits per heavy atom. The third-order valence-electron chi connectivity index (χ3n) is 2.62. The summed E-state index contributed by atoms with van der Waals surface area (Å²) in [5, 5.41) is 9.11. The molecule has 1 aromatic carbocycles. The number of ether oxygens (including phenoxy) is 1. The van der Waals surface area contributed by atoms with Crippen molar-refractivity contribution >= 4 is 23.3 Å². The second kappa shape index (κ2) is 7.08. The summed E-state index contributed by atoms with van der Waals surface area (Å²) < 4.78 is 30.3. The summed E-state index contributed by atoms with van der Waals surface area (Å²) in [5.74, 6) is -0.207. The van der Waals surface area contributed by atoms with Crippen molar-refractivity contribution in [2.75, 3.05) is 5.32 Å². The molecule has 1 heterocycles. The Labute approximate surface area is 130 Å². The molecule has 0 spiro atoms. The largest absolute Gasteiger partial charge is 0.433 e. The Balaban J connectivity index is 1.93. The van der Waals surface area contributed by atoms with Gasteiger partial charge in [0.2, 0.25) is 0 Å². The van der Waals surface area contributed by atoms with Gasteiger partial charge in [-0.3, -0.25) is 4.68 Å². The predicted octanol–water partition coefficient (Wildman–Crippen LogP) is 3.00. The van der Waals surface area contributed by atoms with Crippen molar-refractivity contribution in [3.8, 4) is 5.75 Å². The van der Waals surface area contributed by atoms with Crippen molar-refractivity contribution in [1.82, 2.24) is 15.1 Å². The summed E-state index contributed by atoms with van der Waals surface area (Å²) in [4.78, 5) is 11.7. The van der Waals surface area contributed by atoms with Gasteiger partial charge in [0.15, 0.2) is 0 Å². The lowest BCUT2D eigenvalue weighted by Crippen LogP contribution is -2.28. The number of benzene rings is 1. The van der Waals surface area contributed by atoms with Crippen molar-refractivity contribution in [3.63, 3.8) is 0 Å². The first kappa shape index (κ1) is 16.0. The highest BCUT2D eigenvalue weighted by molar-refractivity contribution is 6.32. The molecular weight excluding hydrogens is 318 g/mol. The Kier molecular flexibility index (Phi) is 5.16. The Bertz CT molecular complexity index is 663. The monoisotopic (exact) mass is 330 g/mol. The van der Waals surface area contributed by atoms with Crippen LogP contribution in [0.1, 0.15) is 5.56 Å². The fraction of sp³-hybridized carbons (Fsp3) is 0.231. The molecule has 0 aliphatic rings. The molecule has 0 saturated heterocycles. The maximum absolute atomic E-state index is 12.2. The maximum Gasteiger partial charge on any atom is 0.387 e. The van der Waals surface area contributed by atoms with E-state index in [4.69, 9.17) is 11.6 Å². The highest BCUT2D eigenvalue weighted by Crippen LogP contribution is 2.29. The summed E-state index contributed by atoms with van der Waals surface area (Å²) in [6, 6.07) is 3.56. The van der Waals surface area contributed by atoms with Crippen LogP contribution in [0.5, 0.6) is 5.75 Å². The van der Waals surface area contributed by atoms with E-state index in [1.54, 1.807) is 24.1 Å². The molecule has 2 N–H and O–H groups in total. The van der Waals surface area contributed by atoms with E-state index >= 15 is 0 Å². The van der Waals surface area contributed by atoms with Crippen LogP contribution in [0.2, 0.25) is 5.02 Å². The molecule has 6 nitrogen and oxygen atoms in total. The molecule has 0 saturated carbocycles. The van der Waals surface area contributed by atoms with Gasteiger partial charge in [-0.2, -0.15) is 13.9 Å². The highest BCUT2D eigenvalue weighted by Gasteiger charge is 2.10. The van der Waals surface area contributed by atoms with Crippen molar-refractivity contribution < 1.29 is 18.3 Å². The number of urea groups is 1. The van der Waals surface area contributed by atoms with Crippen LogP contribution in [0.25, 0.3) is 0 Å². The van der Waals surface area contributed by atoms with Gasteiger partial charge in [0.25, 0.3) is 0 Å². The number of aryl methyl sites for hydroxylation is 1. The van der Waals surface area contributed by atoms with Crippen molar-refractivity contribution in [2.24, 2.45) is 7.05 Å². The number of amides is 2. The molecule has 9 heteroatoms. The Morgan fingerprint density at radius 1 is 1.50 bits per heavy atom. The number of nitrogens with one attached hydrogen (secondary N) is 2. The van der Waals surface area contributed by atoms with Crippen molar-refractivity contribution in [2.45, 2.75) is 13.2 Å². The van der Waals surface area contributed by atoms with Gasteiger partial charge in [-0.1, -0.05) is 11.6 Å². The molecule has 0 atom stereocenters. The molecule has 2 amide bonds. The van der Waals surface area contributed by atoms with E-state index in [1.165, 1.54) is 18.2 Å². The van der Waals surface area contributed by atoms with Gasteiger partial charge in [-0.05, 0) is 12.1 Å². The molecule has 2 rings (SSSR count). The van der Waals surface area contributed by atoms with Crippen LogP contribution >= 0.6 is 11.6 Å². The van der Waals surface area contributed by atoms with Gasteiger partial charge in [0, 0.05) is 37.1 Å². The maximum atomic E-state index is 12.2. The first-order chi connectivity index (χ1) is 10.4. The number of anilines is 1. The zero-order valence-electron chi connectivity index (χ0n) is 11.5. The zero-order chi connectivity index (χ0) is 16.1. The number of halogens is 3. The fourth-order valence-corrected chi connectivity index (χ4v) is 1.85. The van der Waals surface area contributed by atoms with E-state index in [9.17, 15) is 13.6 Å². The number of carbonyl (C=O) groups is 1. The molecule has 0 aliphatic heterocycles. The van der Waals surface area contributed by atoms with Gasteiger partial charge < -0.3 is 15.4 Å². The summed E-state index contributed by atoms with van der Waals surface area (Å²) in [5.41, 5.74) is 1.11. The normalized spacial score (nSPS) is 10.6. The smallest absolute Gasteiger partial charge is 0.387 e. The van der Waals surface area contributed by atoms with Crippen LogP contribution in [-0.2, 0) is 13.6 Å². The quantitative estimate of drug-likeness (QED) is 0.885. The van der Waals surface area contributed by atoms with Crippen molar-refractivity contribution in [3.05, 3.63) is 41.2 Å². The standard InChI is InChI=1S/C13H13ClF2N4O2/c1-20-7-8(6-18-20)5-17-13(21)19-9-2-3-10(14)11(4-9)22-12(15)16/h2-4,6-7,12H,5H2,1H3,(H2,17,19,21). The van der Waals surface area contributed by atoms with Crippen LogP contribution in [0.15, 0.2) is 30.6 Å². The molecule has 2 aromatic rings. The first-order valence-corrected chi connectivity index (χ1v) is 6.58. The van der Waals surface area contributed by atoms with Crippen molar-refractivity contribution in [1.29, 1.82) is 0 Å². The van der Waals surface area contributed by atoms with E-state index in [-0.39, 0.29) is 23.0 Å². The van der Waals surface area contributed by atoms with Gasteiger partial charge >= 0.3 is 12.6 Å². The van der Waals surface area contributed by atoms with Crippen LogP contribution in [0, 0.1) is 0 Å². The number of rotatable bonds is 5. The van der Waals surface area contributed by atoms with Crippen LogP contribution in [0.3, 0.4) is 0 Å². The minimum atomic E-state index is -2.99. The molecule has 22 heavy (non-hydrogen) atoms. The van der Waals surface area contributed by atoms with E-state index in [0.29, 0.717) is 0 Å². The molecule has 0 radical (unpaired) electrons.